The number of halogens is 4. The molecule has 0 aliphatic heterocycles. The zero-order valence-electron chi connectivity index (χ0n) is 13.3. The van der Waals surface area contributed by atoms with Crippen molar-refractivity contribution in [2.24, 2.45) is 0 Å². The van der Waals surface area contributed by atoms with Crippen LogP contribution in [0.1, 0.15) is 39.1 Å². The fourth-order valence-corrected chi connectivity index (χ4v) is 3.08. The van der Waals surface area contributed by atoms with E-state index in [1.165, 1.54) is 0 Å². The van der Waals surface area contributed by atoms with Gasteiger partial charge in [0, 0.05) is 11.1 Å². The number of hydrogen-bond donors (Lipinski definition) is 0. The van der Waals surface area contributed by atoms with Crippen molar-refractivity contribution in [3.05, 3.63) is 22.3 Å². The van der Waals surface area contributed by atoms with E-state index in [2.05, 4.69) is 20.4 Å². The molecule has 132 valence electrons. The summed E-state index contributed by atoms with van der Waals surface area (Å²) in [7, 11) is 6.66. The maximum Gasteiger partial charge on any atom is 0.291 e. The Balaban J connectivity index is 0.000000671. The maximum absolute atomic E-state index is 12.5. The van der Waals surface area contributed by atoms with Gasteiger partial charge in [-0.2, -0.15) is 0 Å². The van der Waals surface area contributed by atoms with E-state index in [1.807, 2.05) is 27.7 Å². The number of pyridine rings is 1. The van der Waals surface area contributed by atoms with E-state index in [1.54, 1.807) is 16.7 Å². The quantitative estimate of drug-likeness (QED) is 0.516. The summed E-state index contributed by atoms with van der Waals surface area (Å²) in [5.41, 5.74) is 0.393. The molecule has 0 aliphatic rings. The van der Waals surface area contributed by atoms with E-state index >= 15 is 0 Å². The van der Waals surface area contributed by atoms with Gasteiger partial charge in [0.25, 0.3) is 6.43 Å². The average Bonchev–Trinajstić information content (AvgIpc) is 3.25. The molecule has 3 aromatic rings. The van der Waals surface area contributed by atoms with Crippen molar-refractivity contribution in [3.8, 4) is 10.8 Å². The SMILES string of the molecule is CC.CC.FC(F)c1nnc(-c2nnc3c(Cl)cc(SCl)cn23)s1. The Morgan fingerprint density at radius 1 is 1.12 bits per heavy atom. The van der Waals surface area contributed by atoms with Gasteiger partial charge in [0.15, 0.2) is 21.5 Å². The monoisotopic (exact) mass is 413 g/mol. The largest absolute Gasteiger partial charge is 0.291 e. The van der Waals surface area contributed by atoms with Gasteiger partial charge in [0.05, 0.1) is 5.02 Å². The third kappa shape index (κ3) is 4.53. The van der Waals surface area contributed by atoms with Gasteiger partial charge in [0.2, 0.25) is 0 Å². The standard InChI is InChI=1S/C9H3Cl2F2N5S2.2C2H6/c10-4-1-3(20-11)2-18-6(4)14-15-7(18)9-17-16-8(19-9)5(12)13;2*1-2/h1-2,5H;2*1-2H3. The Kier molecular flexibility index (Phi) is 8.82. The molecule has 5 nitrogen and oxygen atoms in total. The molecule has 0 spiro atoms. The average molecular weight is 414 g/mol. The van der Waals surface area contributed by atoms with Crippen LogP contribution in [-0.4, -0.2) is 24.8 Å². The van der Waals surface area contributed by atoms with Crippen LogP contribution in [0, 0.1) is 0 Å². The lowest BCUT2D eigenvalue weighted by Crippen LogP contribution is -1.90. The molecule has 0 unspecified atom stereocenters. The molecule has 0 bridgehead atoms. The lowest BCUT2D eigenvalue weighted by Gasteiger charge is -2.00. The molecule has 3 rings (SSSR count). The predicted octanol–water partition coefficient (Wildman–Crippen LogP) is 6.14. The van der Waals surface area contributed by atoms with Crippen LogP contribution >= 0.6 is 44.6 Å². The second-order valence-electron chi connectivity index (χ2n) is 3.56. The molecule has 0 saturated carbocycles. The minimum atomic E-state index is -2.67. The number of hydrogen-bond acceptors (Lipinski definition) is 6. The maximum atomic E-state index is 12.5. The molecule has 24 heavy (non-hydrogen) atoms. The van der Waals surface area contributed by atoms with Gasteiger partial charge in [-0.05, 0) is 27.7 Å². The van der Waals surface area contributed by atoms with Crippen molar-refractivity contribution in [1.29, 1.82) is 0 Å². The second kappa shape index (κ2) is 10.1. The van der Waals surface area contributed by atoms with Gasteiger partial charge in [-0.3, -0.25) is 4.40 Å². The van der Waals surface area contributed by atoms with Crippen LogP contribution in [0.4, 0.5) is 8.78 Å². The molecule has 3 aromatic heterocycles. The van der Waals surface area contributed by atoms with Crippen LogP contribution in [0.15, 0.2) is 17.2 Å². The Morgan fingerprint density at radius 3 is 2.33 bits per heavy atom. The summed E-state index contributed by atoms with van der Waals surface area (Å²) in [5, 5.41) is 15.2. The second-order valence-corrected chi connectivity index (χ2v) is 6.07. The van der Waals surface area contributed by atoms with Crippen molar-refractivity contribution in [3.63, 3.8) is 0 Å². The highest BCUT2D eigenvalue weighted by atomic mass is 35.7. The van der Waals surface area contributed by atoms with Gasteiger partial charge < -0.3 is 0 Å². The molecule has 0 aliphatic carbocycles. The zero-order valence-corrected chi connectivity index (χ0v) is 16.4. The number of fused-ring (bicyclic) bond motifs is 1. The topological polar surface area (TPSA) is 56.0 Å². The summed E-state index contributed by atoms with van der Waals surface area (Å²) in [6.07, 6.45) is -1.02. The molecule has 0 radical (unpaired) electrons. The highest BCUT2D eigenvalue weighted by molar-refractivity contribution is 8.21. The molecular formula is C13H15Cl2F2N5S2. The minimum absolute atomic E-state index is 0.237. The lowest BCUT2D eigenvalue weighted by molar-refractivity contribution is 0.150. The Bertz CT molecular complexity index is 779. The van der Waals surface area contributed by atoms with Crippen molar-refractivity contribution >= 4 is 50.2 Å². The molecule has 0 saturated heterocycles. The van der Waals surface area contributed by atoms with Crippen LogP contribution in [0.3, 0.4) is 0 Å². The van der Waals surface area contributed by atoms with E-state index < -0.39 is 6.43 Å². The first-order valence-corrected chi connectivity index (χ1v) is 9.88. The van der Waals surface area contributed by atoms with Crippen molar-refractivity contribution in [2.75, 3.05) is 0 Å². The lowest BCUT2D eigenvalue weighted by atomic mass is 10.4. The van der Waals surface area contributed by atoms with Gasteiger partial charge in [-0.15, -0.1) is 20.4 Å². The Hall–Kier alpha value is -1.03. The molecule has 3 heterocycles. The van der Waals surface area contributed by atoms with Gasteiger partial charge >= 0.3 is 0 Å². The number of aromatic nitrogens is 5. The number of alkyl halides is 2. The van der Waals surface area contributed by atoms with Crippen LogP contribution in [0.2, 0.25) is 5.02 Å². The molecule has 0 atom stereocenters. The van der Waals surface area contributed by atoms with Crippen molar-refractivity contribution < 1.29 is 8.78 Å². The van der Waals surface area contributed by atoms with Crippen LogP contribution in [-0.2, 0) is 0 Å². The normalized spacial score (nSPS) is 10.2. The molecule has 0 amide bonds. The van der Waals surface area contributed by atoms with Crippen molar-refractivity contribution in [1.82, 2.24) is 24.8 Å². The minimum Gasteiger partial charge on any atom is -0.278 e. The summed E-state index contributed by atoms with van der Waals surface area (Å²) < 4.78 is 26.6. The van der Waals surface area contributed by atoms with Crippen molar-refractivity contribution in [2.45, 2.75) is 39.0 Å². The number of nitrogens with zero attached hydrogens (tertiary/aromatic N) is 5. The first-order valence-electron chi connectivity index (χ1n) is 7.05. The van der Waals surface area contributed by atoms with E-state index in [9.17, 15) is 8.78 Å². The fraction of sp³-hybridized carbons (Fsp3) is 0.385. The predicted molar refractivity (Wildman–Crippen MR) is 96.3 cm³/mol. The van der Waals surface area contributed by atoms with Crippen LogP contribution < -0.4 is 0 Å². The molecular weight excluding hydrogens is 399 g/mol. The fourth-order valence-electron chi connectivity index (χ4n) is 1.53. The van der Waals surface area contributed by atoms with Crippen LogP contribution in [0.25, 0.3) is 16.5 Å². The molecule has 0 N–H and O–H groups in total. The summed E-state index contributed by atoms with van der Waals surface area (Å²) in [6.45, 7) is 8.00. The Labute approximate surface area is 155 Å². The summed E-state index contributed by atoms with van der Waals surface area (Å²) >= 11 is 6.80. The Morgan fingerprint density at radius 2 is 1.79 bits per heavy atom. The summed E-state index contributed by atoms with van der Waals surface area (Å²) in [6, 6.07) is 1.64. The summed E-state index contributed by atoms with van der Waals surface area (Å²) in [4.78, 5) is 0.670. The first kappa shape index (κ1) is 21.0. The van der Waals surface area contributed by atoms with Gasteiger partial charge in [-0.1, -0.05) is 50.6 Å². The number of rotatable bonds is 3. The summed E-state index contributed by atoms with van der Waals surface area (Å²) in [5.74, 6) is 0.291. The third-order valence-corrected chi connectivity index (χ3v) is 4.48. The zero-order chi connectivity index (χ0) is 18.3. The third-order valence-electron chi connectivity index (χ3n) is 2.34. The van der Waals surface area contributed by atoms with E-state index in [0.717, 1.165) is 22.3 Å². The highest BCUT2D eigenvalue weighted by Gasteiger charge is 2.19. The molecule has 0 aromatic carbocycles. The van der Waals surface area contributed by atoms with Crippen LogP contribution in [0.5, 0.6) is 0 Å². The van der Waals surface area contributed by atoms with E-state index in [0.29, 0.717) is 21.4 Å². The molecule has 0 fully saturated rings. The first-order chi connectivity index (χ1) is 11.6. The van der Waals surface area contributed by atoms with Gasteiger partial charge in [0.1, 0.15) is 0 Å². The van der Waals surface area contributed by atoms with Gasteiger partial charge in [-0.25, -0.2) is 8.78 Å². The molecule has 11 heteroatoms. The highest BCUT2D eigenvalue weighted by Crippen LogP contribution is 2.32. The smallest absolute Gasteiger partial charge is 0.278 e. The van der Waals surface area contributed by atoms with E-state index in [-0.39, 0.29) is 10.0 Å². The van der Waals surface area contributed by atoms with E-state index in [4.69, 9.17) is 22.3 Å².